The average Bonchev–Trinajstić information content (AvgIpc) is 2.63. The minimum atomic E-state index is 0.803. The van der Waals surface area contributed by atoms with Crippen LogP contribution in [0.2, 0.25) is 0 Å². The number of fused-ring (bicyclic) bond motifs is 1. The Bertz CT molecular complexity index is 504. The smallest absolute Gasteiger partial charge is 0.191 e. The normalized spacial score (nSPS) is 15.2. The molecule has 2 rings (SSSR count). The predicted molar refractivity (Wildman–Crippen MR) is 101 cm³/mol. The molecule has 2 N–H and O–H groups in total. The molecule has 5 nitrogen and oxygen atoms in total. The maximum absolute atomic E-state index is 5.34. The van der Waals surface area contributed by atoms with Gasteiger partial charge in [-0.25, -0.2) is 0 Å². The van der Waals surface area contributed by atoms with Crippen molar-refractivity contribution in [3.8, 4) is 0 Å². The number of nitrogens with zero attached hydrogens (tertiary/aromatic N) is 2. The summed E-state index contributed by atoms with van der Waals surface area (Å²) in [5.41, 5.74) is 2.98. The van der Waals surface area contributed by atoms with Gasteiger partial charge < -0.3 is 15.4 Å². The van der Waals surface area contributed by atoms with Gasteiger partial charge in [0.1, 0.15) is 0 Å². The Hall–Kier alpha value is -1.59. The summed E-state index contributed by atoms with van der Waals surface area (Å²) < 4.78 is 5.34. The zero-order chi connectivity index (χ0) is 17.0. The summed E-state index contributed by atoms with van der Waals surface area (Å²) in [6.07, 6.45) is 3.34. The molecule has 0 unspecified atom stereocenters. The van der Waals surface area contributed by atoms with Gasteiger partial charge in [-0.1, -0.05) is 24.3 Å². The van der Waals surface area contributed by atoms with Crippen molar-refractivity contribution >= 4 is 5.96 Å². The molecule has 5 heteroatoms. The van der Waals surface area contributed by atoms with Crippen molar-refractivity contribution in [3.63, 3.8) is 0 Å². The fourth-order valence-corrected chi connectivity index (χ4v) is 2.98. The molecule has 134 valence electrons. The molecule has 0 atom stereocenters. The quantitative estimate of drug-likeness (QED) is 0.413. The zero-order valence-electron chi connectivity index (χ0n) is 15.2. The minimum Gasteiger partial charge on any atom is -0.382 e. The standard InChI is InChI=1S/C19H32N4O/c1-3-24-15-7-6-11-21-19(20-2)22-12-14-23-13-10-17-8-4-5-9-18(17)16-23/h4-5,8-9H,3,6-7,10-16H2,1-2H3,(H2,20,21,22). The lowest BCUT2D eigenvalue weighted by atomic mass is 10.00. The number of ether oxygens (including phenoxy) is 1. The maximum Gasteiger partial charge on any atom is 0.191 e. The molecular formula is C19H32N4O. The van der Waals surface area contributed by atoms with Crippen LogP contribution in [0.3, 0.4) is 0 Å². The summed E-state index contributed by atoms with van der Waals surface area (Å²) in [6, 6.07) is 8.78. The molecule has 0 aromatic heterocycles. The first-order chi connectivity index (χ1) is 11.8. The van der Waals surface area contributed by atoms with E-state index in [1.54, 1.807) is 0 Å². The highest BCUT2D eigenvalue weighted by molar-refractivity contribution is 5.79. The molecule has 24 heavy (non-hydrogen) atoms. The topological polar surface area (TPSA) is 48.9 Å². The maximum atomic E-state index is 5.34. The highest BCUT2D eigenvalue weighted by Crippen LogP contribution is 2.17. The number of rotatable bonds is 9. The Kier molecular flexibility index (Phi) is 8.63. The fourth-order valence-electron chi connectivity index (χ4n) is 2.98. The first kappa shape index (κ1) is 18.7. The molecule has 0 spiro atoms. The van der Waals surface area contributed by atoms with Gasteiger partial charge in [0.15, 0.2) is 5.96 Å². The molecule has 0 saturated heterocycles. The van der Waals surface area contributed by atoms with Gasteiger partial charge in [0, 0.05) is 53.0 Å². The number of hydrogen-bond donors (Lipinski definition) is 2. The summed E-state index contributed by atoms with van der Waals surface area (Å²) >= 11 is 0. The van der Waals surface area contributed by atoms with Crippen LogP contribution in [0.25, 0.3) is 0 Å². The Morgan fingerprint density at radius 1 is 1.17 bits per heavy atom. The van der Waals surface area contributed by atoms with Gasteiger partial charge in [-0.15, -0.1) is 0 Å². The molecule has 0 bridgehead atoms. The van der Waals surface area contributed by atoms with Crippen molar-refractivity contribution in [3.05, 3.63) is 35.4 Å². The van der Waals surface area contributed by atoms with Gasteiger partial charge in [-0.3, -0.25) is 9.89 Å². The summed E-state index contributed by atoms with van der Waals surface area (Å²) in [4.78, 5) is 6.79. The number of guanidine groups is 1. The lowest BCUT2D eigenvalue weighted by Crippen LogP contribution is -2.42. The summed E-state index contributed by atoms with van der Waals surface area (Å²) in [6.45, 7) is 8.77. The Morgan fingerprint density at radius 2 is 1.96 bits per heavy atom. The second-order valence-electron chi connectivity index (χ2n) is 6.12. The lowest BCUT2D eigenvalue weighted by molar-refractivity contribution is 0.143. The van der Waals surface area contributed by atoms with E-state index in [2.05, 4.69) is 44.8 Å². The first-order valence-corrected chi connectivity index (χ1v) is 9.15. The van der Waals surface area contributed by atoms with Crippen molar-refractivity contribution in [2.24, 2.45) is 4.99 Å². The Balaban J connectivity index is 1.59. The molecular weight excluding hydrogens is 300 g/mol. The van der Waals surface area contributed by atoms with Crippen LogP contribution >= 0.6 is 0 Å². The second-order valence-corrected chi connectivity index (χ2v) is 6.12. The van der Waals surface area contributed by atoms with Gasteiger partial charge >= 0.3 is 0 Å². The minimum absolute atomic E-state index is 0.803. The molecule has 1 aromatic carbocycles. The van der Waals surface area contributed by atoms with Crippen LogP contribution in [0.15, 0.2) is 29.3 Å². The molecule has 0 radical (unpaired) electrons. The summed E-state index contributed by atoms with van der Waals surface area (Å²) in [5, 5.41) is 6.77. The summed E-state index contributed by atoms with van der Waals surface area (Å²) in [7, 11) is 1.83. The van der Waals surface area contributed by atoms with E-state index in [1.165, 1.54) is 11.1 Å². The van der Waals surface area contributed by atoms with Crippen LogP contribution in [-0.2, 0) is 17.7 Å². The van der Waals surface area contributed by atoms with Gasteiger partial charge in [0.2, 0.25) is 0 Å². The molecule has 0 saturated carbocycles. The van der Waals surface area contributed by atoms with E-state index in [0.717, 1.165) is 71.2 Å². The van der Waals surface area contributed by atoms with Gasteiger partial charge in [-0.2, -0.15) is 0 Å². The average molecular weight is 332 g/mol. The molecule has 1 aliphatic heterocycles. The SMILES string of the molecule is CCOCCCCNC(=NC)NCCN1CCc2ccccc2C1. The number of unbranched alkanes of at least 4 members (excludes halogenated alkanes) is 1. The fraction of sp³-hybridized carbons (Fsp3) is 0.632. The van der Waals surface area contributed by atoms with Crippen molar-refractivity contribution in [2.75, 3.05) is 46.4 Å². The highest BCUT2D eigenvalue weighted by atomic mass is 16.5. The first-order valence-electron chi connectivity index (χ1n) is 9.15. The number of aliphatic imine (C=N–C) groups is 1. The molecule has 1 aliphatic rings. The van der Waals surface area contributed by atoms with Gasteiger partial charge in [0.25, 0.3) is 0 Å². The number of benzene rings is 1. The highest BCUT2D eigenvalue weighted by Gasteiger charge is 2.14. The van der Waals surface area contributed by atoms with E-state index in [1.807, 2.05) is 14.0 Å². The van der Waals surface area contributed by atoms with Crippen molar-refractivity contribution in [1.29, 1.82) is 0 Å². The van der Waals surface area contributed by atoms with Crippen LogP contribution in [-0.4, -0.2) is 57.3 Å². The zero-order valence-corrected chi connectivity index (χ0v) is 15.2. The van der Waals surface area contributed by atoms with E-state index in [0.29, 0.717) is 0 Å². The number of nitrogens with one attached hydrogen (secondary N) is 2. The van der Waals surface area contributed by atoms with Crippen molar-refractivity contribution in [2.45, 2.75) is 32.7 Å². The molecule has 0 aliphatic carbocycles. The predicted octanol–water partition coefficient (Wildman–Crippen LogP) is 2.03. The van der Waals surface area contributed by atoms with Crippen LogP contribution < -0.4 is 10.6 Å². The molecule has 1 aromatic rings. The van der Waals surface area contributed by atoms with Gasteiger partial charge in [0.05, 0.1) is 0 Å². The van der Waals surface area contributed by atoms with Crippen molar-refractivity contribution < 1.29 is 4.74 Å². The van der Waals surface area contributed by atoms with E-state index in [9.17, 15) is 0 Å². The van der Waals surface area contributed by atoms with E-state index < -0.39 is 0 Å². The van der Waals surface area contributed by atoms with Crippen molar-refractivity contribution in [1.82, 2.24) is 15.5 Å². The molecule has 0 fully saturated rings. The van der Waals surface area contributed by atoms with E-state index in [-0.39, 0.29) is 0 Å². The largest absolute Gasteiger partial charge is 0.382 e. The summed E-state index contributed by atoms with van der Waals surface area (Å²) in [5.74, 6) is 0.892. The third-order valence-electron chi connectivity index (χ3n) is 4.37. The van der Waals surface area contributed by atoms with Crippen LogP contribution in [0, 0.1) is 0 Å². The second kappa shape index (κ2) is 11.0. The van der Waals surface area contributed by atoms with Crippen LogP contribution in [0.1, 0.15) is 30.9 Å². The van der Waals surface area contributed by atoms with E-state index >= 15 is 0 Å². The Labute approximate surface area is 146 Å². The monoisotopic (exact) mass is 332 g/mol. The third kappa shape index (κ3) is 6.49. The Morgan fingerprint density at radius 3 is 2.75 bits per heavy atom. The number of hydrogen-bond acceptors (Lipinski definition) is 3. The molecule has 0 amide bonds. The third-order valence-corrected chi connectivity index (χ3v) is 4.37. The molecule has 1 heterocycles. The van der Waals surface area contributed by atoms with Crippen LogP contribution in [0.4, 0.5) is 0 Å². The lowest BCUT2D eigenvalue weighted by Gasteiger charge is -2.28. The van der Waals surface area contributed by atoms with E-state index in [4.69, 9.17) is 4.74 Å². The van der Waals surface area contributed by atoms with Crippen LogP contribution in [0.5, 0.6) is 0 Å². The van der Waals surface area contributed by atoms with Gasteiger partial charge in [-0.05, 0) is 37.3 Å².